The van der Waals surface area contributed by atoms with E-state index < -0.39 is 17.6 Å². The minimum atomic E-state index is -4.43. The third kappa shape index (κ3) is 3.95. The van der Waals surface area contributed by atoms with Crippen LogP contribution >= 0.6 is 0 Å². The third-order valence-electron chi connectivity index (χ3n) is 3.61. The number of benzene rings is 1. The topological polar surface area (TPSA) is 12.0 Å². The summed E-state index contributed by atoms with van der Waals surface area (Å²) in [6.45, 7) is 2.65. The molecule has 0 aliphatic heterocycles. The lowest BCUT2D eigenvalue weighted by atomic mass is 9.98. The zero-order valence-corrected chi connectivity index (χ0v) is 11.4. The van der Waals surface area contributed by atoms with Gasteiger partial charge in [-0.15, -0.1) is 0 Å². The molecule has 0 amide bonds. The maximum atomic E-state index is 13.9. The van der Waals surface area contributed by atoms with Crippen LogP contribution in [0.25, 0.3) is 0 Å². The molecule has 0 saturated heterocycles. The van der Waals surface area contributed by atoms with Gasteiger partial charge in [-0.25, -0.2) is 4.39 Å². The second kappa shape index (κ2) is 6.12. The molecule has 1 atom stereocenters. The monoisotopic (exact) mass is 289 g/mol. The van der Waals surface area contributed by atoms with Crippen molar-refractivity contribution in [2.75, 3.05) is 6.54 Å². The maximum absolute atomic E-state index is 13.9. The molecule has 0 bridgehead atoms. The Morgan fingerprint density at radius 2 is 2.00 bits per heavy atom. The number of nitrogens with one attached hydrogen (secondary N) is 1. The number of halogens is 4. The highest BCUT2D eigenvalue weighted by Crippen LogP contribution is 2.39. The Hall–Kier alpha value is -1.10. The van der Waals surface area contributed by atoms with E-state index in [1.807, 2.05) is 6.92 Å². The van der Waals surface area contributed by atoms with Crippen molar-refractivity contribution in [3.63, 3.8) is 0 Å². The molecule has 1 aromatic rings. The molecule has 1 fully saturated rings. The fourth-order valence-electron chi connectivity index (χ4n) is 2.31. The van der Waals surface area contributed by atoms with Crippen molar-refractivity contribution in [2.45, 2.75) is 44.8 Å². The number of hydrogen-bond acceptors (Lipinski definition) is 1. The third-order valence-corrected chi connectivity index (χ3v) is 3.61. The number of rotatable bonds is 6. The van der Waals surface area contributed by atoms with Gasteiger partial charge >= 0.3 is 6.18 Å². The highest BCUT2D eigenvalue weighted by molar-refractivity contribution is 5.29. The van der Waals surface area contributed by atoms with Crippen molar-refractivity contribution in [1.82, 2.24) is 5.32 Å². The van der Waals surface area contributed by atoms with Crippen molar-refractivity contribution >= 4 is 0 Å². The average molecular weight is 289 g/mol. The standard InChI is InChI=1S/C15H19F4N/c1-2-7-20-14(8-10-3-4-10)12-9-11(15(17,18)19)5-6-13(12)16/h5-6,9-10,14,20H,2-4,7-8H2,1H3. The zero-order chi connectivity index (χ0) is 14.8. The van der Waals surface area contributed by atoms with E-state index in [4.69, 9.17) is 0 Å². The van der Waals surface area contributed by atoms with Crippen molar-refractivity contribution in [3.8, 4) is 0 Å². The van der Waals surface area contributed by atoms with E-state index >= 15 is 0 Å². The number of hydrogen-bond donors (Lipinski definition) is 1. The minimum absolute atomic E-state index is 0.139. The fourth-order valence-corrected chi connectivity index (χ4v) is 2.31. The van der Waals surface area contributed by atoms with Crippen LogP contribution in [0.5, 0.6) is 0 Å². The first kappa shape index (κ1) is 15.3. The highest BCUT2D eigenvalue weighted by Gasteiger charge is 2.33. The van der Waals surface area contributed by atoms with Crippen molar-refractivity contribution in [2.24, 2.45) is 5.92 Å². The summed E-state index contributed by atoms with van der Waals surface area (Å²) >= 11 is 0. The summed E-state index contributed by atoms with van der Waals surface area (Å²) in [6.07, 6.45) is -0.687. The molecule has 112 valence electrons. The van der Waals surface area contributed by atoms with Crippen LogP contribution in [0, 0.1) is 11.7 Å². The lowest BCUT2D eigenvalue weighted by Crippen LogP contribution is -2.24. The second-order valence-corrected chi connectivity index (χ2v) is 5.42. The molecule has 1 unspecified atom stereocenters. The molecule has 0 heterocycles. The molecule has 1 N–H and O–H groups in total. The Kier molecular flexibility index (Phi) is 4.68. The first-order valence-electron chi connectivity index (χ1n) is 7.01. The van der Waals surface area contributed by atoms with Gasteiger partial charge in [-0.1, -0.05) is 19.8 Å². The van der Waals surface area contributed by atoms with Crippen molar-refractivity contribution < 1.29 is 17.6 Å². The molecular weight excluding hydrogens is 270 g/mol. The second-order valence-electron chi connectivity index (χ2n) is 5.42. The summed E-state index contributed by atoms with van der Waals surface area (Å²) in [7, 11) is 0. The summed E-state index contributed by atoms with van der Waals surface area (Å²) < 4.78 is 52.1. The van der Waals surface area contributed by atoms with E-state index in [2.05, 4.69) is 5.32 Å². The summed E-state index contributed by atoms with van der Waals surface area (Å²) in [6, 6.07) is 2.34. The predicted molar refractivity (Wildman–Crippen MR) is 69.8 cm³/mol. The van der Waals surface area contributed by atoms with Crippen LogP contribution in [0.2, 0.25) is 0 Å². The SMILES string of the molecule is CCCNC(CC1CC1)c1cc(C(F)(F)F)ccc1F. The van der Waals surface area contributed by atoms with E-state index in [0.29, 0.717) is 18.9 Å². The van der Waals surface area contributed by atoms with Gasteiger partial charge in [0, 0.05) is 11.6 Å². The summed E-state index contributed by atoms with van der Waals surface area (Å²) in [5, 5.41) is 3.17. The highest BCUT2D eigenvalue weighted by atomic mass is 19.4. The van der Waals surface area contributed by atoms with Crippen LogP contribution in [-0.2, 0) is 6.18 Å². The van der Waals surface area contributed by atoms with Gasteiger partial charge in [-0.2, -0.15) is 13.2 Å². The van der Waals surface area contributed by atoms with E-state index in [1.54, 1.807) is 0 Å². The van der Waals surface area contributed by atoms with Gasteiger partial charge < -0.3 is 5.32 Å². The Morgan fingerprint density at radius 1 is 1.30 bits per heavy atom. The number of alkyl halides is 3. The van der Waals surface area contributed by atoms with Crippen LogP contribution in [0.4, 0.5) is 17.6 Å². The molecule has 5 heteroatoms. The normalized spacial score (nSPS) is 17.2. The smallest absolute Gasteiger partial charge is 0.310 e. The predicted octanol–water partition coefficient (Wildman–Crippen LogP) is 4.69. The van der Waals surface area contributed by atoms with E-state index in [1.165, 1.54) is 0 Å². The molecule has 1 nitrogen and oxygen atoms in total. The maximum Gasteiger partial charge on any atom is 0.416 e. The van der Waals surface area contributed by atoms with Crippen LogP contribution in [0.15, 0.2) is 18.2 Å². The Labute approximate surface area is 116 Å². The molecule has 1 aliphatic carbocycles. The lowest BCUT2D eigenvalue weighted by Gasteiger charge is -2.20. The van der Waals surface area contributed by atoms with E-state index in [0.717, 1.165) is 37.5 Å². The molecular formula is C15H19F4N. The van der Waals surface area contributed by atoms with E-state index in [9.17, 15) is 17.6 Å². The van der Waals surface area contributed by atoms with Crippen LogP contribution in [-0.4, -0.2) is 6.54 Å². The summed E-state index contributed by atoms with van der Waals surface area (Å²) in [5.74, 6) is -0.0504. The molecule has 1 aromatic carbocycles. The van der Waals surface area contributed by atoms with Gasteiger partial charge in [0.1, 0.15) is 5.82 Å². The summed E-state index contributed by atoms with van der Waals surface area (Å²) in [4.78, 5) is 0. The Morgan fingerprint density at radius 3 is 2.55 bits per heavy atom. The Bertz CT molecular complexity index is 452. The van der Waals surface area contributed by atoms with Gasteiger partial charge in [-0.05, 0) is 43.5 Å². The molecule has 0 aromatic heterocycles. The molecule has 1 saturated carbocycles. The molecule has 2 rings (SSSR count). The van der Waals surface area contributed by atoms with Gasteiger partial charge in [0.25, 0.3) is 0 Å². The molecule has 0 radical (unpaired) electrons. The first-order valence-corrected chi connectivity index (χ1v) is 7.01. The van der Waals surface area contributed by atoms with Crippen LogP contribution in [0.3, 0.4) is 0 Å². The molecule has 20 heavy (non-hydrogen) atoms. The van der Waals surface area contributed by atoms with Crippen molar-refractivity contribution in [1.29, 1.82) is 0 Å². The van der Waals surface area contributed by atoms with Crippen LogP contribution in [0.1, 0.15) is 49.8 Å². The van der Waals surface area contributed by atoms with Crippen LogP contribution < -0.4 is 5.32 Å². The quantitative estimate of drug-likeness (QED) is 0.749. The van der Waals surface area contributed by atoms with Gasteiger partial charge in [0.2, 0.25) is 0 Å². The van der Waals surface area contributed by atoms with Gasteiger partial charge in [-0.3, -0.25) is 0 Å². The fraction of sp³-hybridized carbons (Fsp3) is 0.600. The lowest BCUT2D eigenvalue weighted by molar-refractivity contribution is -0.137. The van der Waals surface area contributed by atoms with Gasteiger partial charge in [0.05, 0.1) is 5.56 Å². The Balaban J connectivity index is 2.25. The van der Waals surface area contributed by atoms with Crippen molar-refractivity contribution in [3.05, 3.63) is 35.1 Å². The minimum Gasteiger partial charge on any atom is -0.310 e. The zero-order valence-electron chi connectivity index (χ0n) is 11.4. The average Bonchev–Trinajstić information content (AvgIpc) is 3.18. The largest absolute Gasteiger partial charge is 0.416 e. The summed E-state index contributed by atoms with van der Waals surface area (Å²) in [5.41, 5.74) is -0.645. The molecule has 0 spiro atoms. The first-order chi connectivity index (χ1) is 9.41. The molecule has 1 aliphatic rings. The van der Waals surface area contributed by atoms with E-state index in [-0.39, 0.29) is 11.6 Å². The van der Waals surface area contributed by atoms with Gasteiger partial charge in [0.15, 0.2) is 0 Å².